The highest BCUT2D eigenvalue weighted by Crippen LogP contribution is 2.17. The van der Waals surface area contributed by atoms with Gasteiger partial charge >= 0.3 is 0 Å². The molecule has 0 saturated heterocycles. The lowest BCUT2D eigenvalue weighted by Crippen LogP contribution is -2.28. The SMILES string of the molecule is O=C(c1ccccc1)C(N=Nc1ccccc1)C(=O)c1ccccc1. The second kappa shape index (κ2) is 7.93. The molecular weight excluding hydrogens is 312 g/mol. The molecule has 0 aliphatic carbocycles. The molecule has 4 heteroatoms. The number of ketones is 2. The first kappa shape index (κ1) is 16.5. The van der Waals surface area contributed by atoms with E-state index in [-0.39, 0.29) is 11.6 Å². The van der Waals surface area contributed by atoms with E-state index in [0.717, 1.165) is 0 Å². The van der Waals surface area contributed by atoms with Crippen molar-refractivity contribution in [3.63, 3.8) is 0 Å². The van der Waals surface area contributed by atoms with Gasteiger partial charge in [-0.15, -0.1) is 0 Å². The zero-order valence-corrected chi connectivity index (χ0v) is 13.4. The van der Waals surface area contributed by atoms with Crippen molar-refractivity contribution < 1.29 is 9.59 Å². The van der Waals surface area contributed by atoms with Crippen molar-refractivity contribution in [2.75, 3.05) is 0 Å². The fraction of sp³-hybridized carbons (Fsp3) is 0.0476. The lowest BCUT2D eigenvalue weighted by molar-refractivity contribution is 0.0861. The molecule has 0 aromatic heterocycles. The van der Waals surface area contributed by atoms with E-state index in [2.05, 4.69) is 10.2 Å². The third-order valence-corrected chi connectivity index (χ3v) is 3.66. The maximum atomic E-state index is 12.8. The van der Waals surface area contributed by atoms with Crippen molar-refractivity contribution in [1.82, 2.24) is 0 Å². The van der Waals surface area contributed by atoms with Gasteiger partial charge in [0.05, 0.1) is 5.69 Å². The average Bonchev–Trinajstić information content (AvgIpc) is 2.70. The molecule has 0 N–H and O–H groups in total. The molecule has 122 valence electrons. The normalized spacial score (nSPS) is 10.9. The third-order valence-electron chi connectivity index (χ3n) is 3.66. The Morgan fingerprint density at radius 3 is 1.44 bits per heavy atom. The topological polar surface area (TPSA) is 58.9 Å². The first-order chi connectivity index (χ1) is 12.3. The molecule has 0 radical (unpaired) electrons. The van der Waals surface area contributed by atoms with Gasteiger partial charge in [-0.1, -0.05) is 78.9 Å². The van der Waals surface area contributed by atoms with Gasteiger partial charge < -0.3 is 0 Å². The van der Waals surface area contributed by atoms with Gasteiger partial charge in [-0.25, -0.2) is 0 Å². The zero-order valence-electron chi connectivity index (χ0n) is 13.4. The first-order valence-corrected chi connectivity index (χ1v) is 7.90. The molecule has 4 nitrogen and oxygen atoms in total. The number of carbonyl (C=O) groups is 2. The quantitative estimate of drug-likeness (QED) is 0.367. The van der Waals surface area contributed by atoms with E-state index < -0.39 is 6.04 Å². The van der Waals surface area contributed by atoms with Crippen LogP contribution in [0.2, 0.25) is 0 Å². The summed E-state index contributed by atoms with van der Waals surface area (Å²) in [5, 5.41) is 8.16. The summed E-state index contributed by atoms with van der Waals surface area (Å²) in [5.74, 6) is -0.733. The Labute approximate surface area is 145 Å². The fourth-order valence-electron chi connectivity index (χ4n) is 2.36. The molecule has 3 aromatic carbocycles. The number of carbonyl (C=O) groups excluding carboxylic acids is 2. The Balaban J connectivity index is 1.95. The monoisotopic (exact) mass is 328 g/mol. The van der Waals surface area contributed by atoms with Gasteiger partial charge in [0.15, 0.2) is 17.6 Å². The largest absolute Gasteiger partial charge is 0.291 e. The van der Waals surface area contributed by atoms with Crippen molar-refractivity contribution in [3.8, 4) is 0 Å². The third kappa shape index (κ3) is 4.12. The molecule has 0 bridgehead atoms. The second-order valence-corrected chi connectivity index (χ2v) is 5.41. The van der Waals surface area contributed by atoms with Gasteiger partial charge in [-0.2, -0.15) is 10.2 Å². The molecule has 0 fully saturated rings. The summed E-state index contributed by atoms with van der Waals surface area (Å²) >= 11 is 0. The summed E-state index contributed by atoms with van der Waals surface area (Å²) in [4.78, 5) is 25.6. The number of Topliss-reactive ketones (excluding diaryl/α,β-unsaturated/α-hetero) is 2. The van der Waals surface area contributed by atoms with E-state index in [9.17, 15) is 9.59 Å². The maximum absolute atomic E-state index is 12.8. The molecule has 0 heterocycles. The van der Waals surface area contributed by atoms with Gasteiger partial charge in [0.1, 0.15) is 0 Å². The minimum atomic E-state index is -1.20. The highest BCUT2D eigenvalue weighted by atomic mass is 16.2. The van der Waals surface area contributed by atoms with Crippen LogP contribution in [0.5, 0.6) is 0 Å². The molecule has 0 aliphatic rings. The lowest BCUT2D eigenvalue weighted by atomic mass is 9.97. The van der Waals surface area contributed by atoms with Crippen LogP contribution in [0.4, 0.5) is 5.69 Å². The summed E-state index contributed by atoms with van der Waals surface area (Å²) in [6.45, 7) is 0. The van der Waals surface area contributed by atoms with E-state index in [1.807, 2.05) is 30.3 Å². The standard InChI is InChI=1S/C21H16N2O2/c24-20(16-10-4-1-5-11-16)19(21(25)17-12-6-2-7-13-17)23-22-18-14-8-3-9-15-18/h1-15,19H. The highest BCUT2D eigenvalue weighted by molar-refractivity contribution is 6.19. The first-order valence-electron chi connectivity index (χ1n) is 7.90. The number of hydrogen-bond donors (Lipinski definition) is 0. The number of benzene rings is 3. The van der Waals surface area contributed by atoms with Crippen LogP contribution in [0.1, 0.15) is 20.7 Å². The van der Waals surface area contributed by atoms with Crippen molar-refractivity contribution in [3.05, 3.63) is 102 Å². The Kier molecular flexibility index (Phi) is 5.22. The van der Waals surface area contributed by atoms with Crippen LogP contribution in [0, 0.1) is 0 Å². The molecule has 0 saturated carbocycles. The fourth-order valence-corrected chi connectivity index (χ4v) is 2.36. The Bertz CT molecular complexity index is 824. The molecular formula is C21H16N2O2. The molecule has 0 atom stereocenters. The van der Waals surface area contributed by atoms with Crippen LogP contribution in [-0.4, -0.2) is 17.6 Å². The van der Waals surface area contributed by atoms with E-state index in [1.165, 1.54) is 0 Å². The molecule has 3 rings (SSSR count). The van der Waals surface area contributed by atoms with Crippen molar-refractivity contribution >= 4 is 17.3 Å². The Morgan fingerprint density at radius 1 is 0.600 bits per heavy atom. The second-order valence-electron chi connectivity index (χ2n) is 5.41. The predicted molar refractivity (Wildman–Crippen MR) is 96.3 cm³/mol. The maximum Gasteiger partial charge on any atom is 0.197 e. The average molecular weight is 328 g/mol. The highest BCUT2D eigenvalue weighted by Gasteiger charge is 2.28. The predicted octanol–water partition coefficient (Wildman–Crippen LogP) is 4.90. The van der Waals surface area contributed by atoms with E-state index in [0.29, 0.717) is 16.8 Å². The molecule has 25 heavy (non-hydrogen) atoms. The van der Waals surface area contributed by atoms with Gasteiger partial charge in [-0.3, -0.25) is 9.59 Å². The Morgan fingerprint density at radius 2 is 1.00 bits per heavy atom. The summed E-state index contributed by atoms with van der Waals surface area (Å²) in [5.41, 5.74) is 1.46. The van der Waals surface area contributed by atoms with E-state index >= 15 is 0 Å². The van der Waals surface area contributed by atoms with E-state index in [4.69, 9.17) is 0 Å². The number of azo groups is 1. The van der Waals surface area contributed by atoms with Crippen LogP contribution >= 0.6 is 0 Å². The summed E-state index contributed by atoms with van der Waals surface area (Å²) in [6, 6.07) is 25.2. The van der Waals surface area contributed by atoms with Crippen molar-refractivity contribution in [1.29, 1.82) is 0 Å². The number of hydrogen-bond acceptors (Lipinski definition) is 4. The summed E-state index contributed by atoms with van der Waals surface area (Å²) in [7, 11) is 0. The minimum absolute atomic E-state index is 0.367. The Hall–Kier alpha value is -3.40. The molecule has 0 aliphatic heterocycles. The van der Waals surface area contributed by atoms with E-state index in [1.54, 1.807) is 60.7 Å². The zero-order chi connectivity index (χ0) is 17.5. The lowest BCUT2D eigenvalue weighted by Gasteiger charge is -2.10. The van der Waals surface area contributed by atoms with Crippen molar-refractivity contribution in [2.45, 2.75) is 6.04 Å². The van der Waals surface area contributed by atoms with Crippen molar-refractivity contribution in [2.24, 2.45) is 10.2 Å². The molecule has 3 aromatic rings. The van der Waals surface area contributed by atoms with Crippen LogP contribution in [-0.2, 0) is 0 Å². The molecule has 0 spiro atoms. The number of nitrogens with zero attached hydrogens (tertiary/aromatic N) is 2. The van der Waals surface area contributed by atoms with Gasteiger partial charge in [0, 0.05) is 11.1 Å². The van der Waals surface area contributed by atoms with Gasteiger partial charge in [0.25, 0.3) is 0 Å². The van der Waals surface area contributed by atoms with Crippen LogP contribution in [0.25, 0.3) is 0 Å². The summed E-state index contributed by atoms with van der Waals surface area (Å²) < 4.78 is 0. The molecule has 0 amide bonds. The van der Waals surface area contributed by atoms with Crippen LogP contribution in [0.3, 0.4) is 0 Å². The van der Waals surface area contributed by atoms with Gasteiger partial charge in [-0.05, 0) is 12.1 Å². The smallest absolute Gasteiger partial charge is 0.197 e. The summed E-state index contributed by atoms with van der Waals surface area (Å²) in [6.07, 6.45) is 0. The molecule has 0 unspecified atom stereocenters. The van der Waals surface area contributed by atoms with Gasteiger partial charge in [0.2, 0.25) is 0 Å². The van der Waals surface area contributed by atoms with Crippen LogP contribution < -0.4 is 0 Å². The minimum Gasteiger partial charge on any atom is -0.291 e. The van der Waals surface area contributed by atoms with Crippen LogP contribution in [0.15, 0.2) is 101 Å². The number of rotatable bonds is 6.